The van der Waals surface area contributed by atoms with Gasteiger partial charge in [0.25, 0.3) is 0 Å². The number of aromatic nitrogens is 4. The highest BCUT2D eigenvalue weighted by atomic mass is 16.4. The Hall–Kier alpha value is -2.63. The first-order valence-electron chi connectivity index (χ1n) is 5.43. The molecule has 6 nitrogen and oxygen atoms in total. The number of nitrogens with zero attached hydrogens (tertiary/aromatic N) is 3. The number of rotatable bonds is 3. The van der Waals surface area contributed by atoms with Crippen molar-refractivity contribution in [2.24, 2.45) is 0 Å². The first-order chi connectivity index (χ1) is 8.72. The summed E-state index contributed by atoms with van der Waals surface area (Å²) in [5.74, 6) is -0.900. The molecule has 90 valence electrons. The van der Waals surface area contributed by atoms with Gasteiger partial charge in [0, 0.05) is 6.20 Å². The van der Waals surface area contributed by atoms with Gasteiger partial charge in [-0.2, -0.15) is 5.10 Å². The lowest BCUT2D eigenvalue weighted by Crippen LogP contribution is -1.99. The van der Waals surface area contributed by atoms with Crippen molar-refractivity contribution in [3.05, 3.63) is 42.4 Å². The van der Waals surface area contributed by atoms with Crippen LogP contribution in [0, 0.1) is 0 Å². The van der Waals surface area contributed by atoms with Crippen LogP contribution in [-0.2, 0) is 11.2 Å². The fraction of sp³-hybridized carbons (Fsp3) is 0.0833. The molecule has 3 aromatic heterocycles. The van der Waals surface area contributed by atoms with Gasteiger partial charge in [-0.1, -0.05) is 0 Å². The average molecular weight is 242 g/mol. The molecule has 0 unspecified atom stereocenters. The van der Waals surface area contributed by atoms with E-state index in [4.69, 9.17) is 5.11 Å². The number of hydrogen-bond acceptors (Lipinski definition) is 3. The van der Waals surface area contributed by atoms with E-state index in [0.717, 1.165) is 11.4 Å². The Balaban J connectivity index is 2.04. The molecule has 0 radical (unpaired) electrons. The van der Waals surface area contributed by atoms with Gasteiger partial charge in [0.05, 0.1) is 24.0 Å². The summed E-state index contributed by atoms with van der Waals surface area (Å²) in [7, 11) is 0. The van der Waals surface area contributed by atoms with Crippen LogP contribution in [0.2, 0.25) is 0 Å². The minimum atomic E-state index is -0.900. The summed E-state index contributed by atoms with van der Waals surface area (Å²) in [6, 6.07) is 7.47. The zero-order valence-electron chi connectivity index (χ0n) is 9.37. The third kappa shape index (κ3) is 1.84. The Kier molecular flexibility index (Phi) is 2.33. The number of carbonyl (C=O) groups is 1. The number of nitrogens with one attached hydrogen (secondary N) is 1. The Morgan fingerprint density at radius 3 is 3.00 bits per heavy atom. The third-order valence-electron chi connectivity index (χ3n) is 2.58. The Labute approximate surface area is 102 Å². The van der Waals surface area contributed by atoms with Crippen molar-refractivity contribution in [1.82, 2.24) is 19.6 Å². The molecule has 0 saturated carbocycles. The van der Waals surface area contributed by atoms with Crippen molar-refractivity contribution < 1.29 is 9.90 Å². The van der Waals surface area contributed by atoms with Crippen LogP contribution in [0.5, 0.6) is 0 Å². The molecule has 0 saturated heterocycles. The summed E-state index contributed by atoms with van der Waals surface area (Å²) in [6.45, 7) is 0. The number of fused-ring (bicyclic) bond motifs is 1. The highest BCUT2D eigenvalue weighted by Crippen LogP contribution is 2.15. The van der Waals surface area contributed by atoms with Crippen molar-refractivity contribution in [2.75, 3.05) is 0 Å². The van der Waals surface area contributed by atoms with Gasteiger partial charge in [-0.05, 0) is 24.3 Å². The molecule has 3 heterocycles. The number of imidazole rings is 1. The number of aliphatic carboxylic acids is 1. The molecule has 0 aliphatic carbocycles. The summed E-state index contributed by atoms with van der Waals surface area (Å²) in [5.41, 5.74) is 2.83. The predicted octanol–water partition coefficient (Wildman–Crippen LogP) is 1.35. The van der Waals surface area contributed by atoms with Gasteiger partial charge in [-0.3, -0.25) is 4.79 Å². The number of aromatic amines is 1. The standard InChI is InChI=1S/C12H10N4O2/c17-12(18)6-8-7-16-11(14-8)4-3-10(15-16)9-2-1-5-13-9/h1-5,7,13H,6H2,(H,17,18). The molecule has 18 heavy (non-hydrogen) atoms. The van der Waals surface area contributed by atoms with Crippen molar-refractivity contribution in [3.63, 3.8) is 0 Å². The molecule has 2 N–H and O–H groups in total. The van der Waals surface area contributed by atoms with Gasteiger partial charge in [0.15, 0.2) is 5.65 Å². The lowest BCUT2D eigenvalue weighted by atomic mass is 10.3. The molecular formula is C12H10N4O2. The van der Waals surface area contributed by atoms with Crippen LogP contribution in [0.15, 0.2) is 36.7 Å². The molecule has 3 rings (SSSR count). The second-order valence-corrected chi connectivity index (χ2v) is 3.91. The van der Waals surface area contributed by atoms with Crippen LogP contribution in [0.1, 0.15) is 5.69 Å². The molecule has 0 bridgehead atoms. The van der Waals surface area contributed by atoms with E-state index in [-0.39, 0.29) is 6.42 Å². The monoisotopic (exact) mass is 242 g/mol. The van der Waals surface area contributed by atoms with E-state index in [1.54, 1.807) is 10.7 Å². The third-order valence-corrected chi connectivity index (χ3v) is 2.58. The molecule has 6 heteroatoms. The first kappa shape index (κ1) is 10.5. The van der Waals surface area contributed by atoms with E-state index in [1.165, 1.54) is 0 Å². The van der Waals surface area contributed by atoms with E-state index >= 15 is 0 Å². The number of H-pyrrole nitrogens is 1. The van der Waals surface area contributed by atoms with Crippen LogP contribution in [0.3, 0.4) is 0 Å². The van der Waals surface area contributed by atoms with E-state index in [0.29, 0.717) is 11.3 Å². The summed E-state index contributed by atoms with van der Waals surface area (Å²) in [5, 5.41) is 13.1. The second kappa shape index (κ2) is 3.99. The average Bonchev–Trinajstić information content (AvgIpc) is 2.94. The van der Waals surface area contributed by atoms with E-state index in [2.05, 4.69) is 15.1 Å². The minimum absolute atomic E-state index is 0.0960. The molecule has 0 atom stereocenters. The van der Waals surface area contributed by atoms with Gasteiger partial charge in [-0.15, -0.1) is 0 Å². The van der Waals surface area contributed by atoms with Gasteiger partial charge >= 0.3 is 5.97 Å². The number of hydrogen-bond donors (Lipinski definition) is 2. The molecule has 0 spiro atoms. The number of carboxylic acids is 1. The van der Waals surface area contributed by atoms with E-state index in [9.17, 15) is 4.79 Å². The second-order valence-electron chi connectivity index (χ2n) is 3.91. The van der Waals surface area contributed by atoms with Crippen LogP contribution < -0.4 is 0 Å². The fourth-order valence-electron chi connectivity index (χ4n) is 1.80. The van der Waals surface area contributed by atoms with Crippen molar-refractivity contribution in [3.8, 4) is 11.4 Å². The van der Waals surface area contributed by atoms with Crippen LogP contribution >= 0.6 is 0 Å². The highest BCUT2D eigenvalue weighted by molar-refractivity contribution is 5.69. The summed E-state index contributed by atoms with van der Waals surface area (Å²) in [6.07, 6.45) is 3.36. The molecule has 0 aliphatic heterocycles. The quantitative estimate of drug-likeness (QED) is 0.726. The fourth-order valence-corrected chi connectivity index (χ4v) is 1.80. The maximum absolute atomic E-state index is 10.6. The first-order valence-corrected chi connectivity index (χ1v) is 5.43. The van der Waals surface area contributed by atoms with Gasteiger partial charge in [0.2, 0.25) is 0 Å². The maximum atomic E-state index is 10.6. The lowest BCUT2D eigenvalue weighted by molar-refractivity contribution is -0.136. The van der Waals surface area contributed by atoms with Crippen LogP contribution in [-0.4, -0.2) is 30.7 Å². The summed E-state index contributed by atoms with van der Waals surface area (Å²) in [4.78, 5) is 17.9. The maximum Gasteiger partial charge on any atom is 0.309 e. The molecule has 0 amide bonds. The molecule has 0 aromatic carbocycles. The Morgan fingerprint density at radius 2 is 2.28 bits per heavy atom. The topological polar surface area (TPSA) is 83.3 Å². The van der Waals surface area contributed by atoms with E-state index < -0.39 is 5.97 Å². The lowest BCUT2D eigenvalue weighted by Gasteiger charge is -1.97. The van der Waals surface area contributed by atoms with Crippen LogP contribution in [0.25, 0.3) is 17.0 Å². The highest BCUT2D eigenvalue weighted by Gasteiger charge is 2.08. The Bertz CT molecular complexity index is 700. The van der Waals surface area contributed by atoms with Gasteiger partial charge in [0.1, 0.15) is 5.69 Å². The normalized spacial score (nSPS) is 10.9. The van der Waals surface area contributed by atoms with Crippen molar-refractivity contribution >= 4 is 11.6 Å². The van der Waals surface area contributed by atoms with Crippen molar-refractivity contribution in [1.29, 1.82) is 0 Å². The summed E-state index contributed by atoms with van der Waals surface area (Å²) >= 11 is 0. The summed E-state index contributed by atoms with van der Waals surface area (Å²) < 4.78 is 1.59. The molecular weight excluding hydrogens is 232 g/mol. The zero-order valence-corrected chi connectivity index (χ0v) is 9.37. The smallest absolute Gasteiger partial charge is 0.309 e. The molecule has 0 aliphatic rings. The number of carboxylic acid groups (broad SMARTS) is 1. The van der Waals surface area contributed by atoms with Gasteiger partial charge < -0.3 is 10.1 Å². The van der Waals surface area contributed by atoms with Gasteiger partial charge in [-0.25, -0.2) is 9.50 Å². The van der Waals surface area contributed by atoms with Crippen LogP contribution in [0.4, 0.5) is 0 Å². The largest absolute Gasteiger partial charge is 0.481 e. The zero-order chi connectivity index (χ0) is 12.5. The molecule has 0 fully saturated rings. The van der Waals surface area contributed by atoms with E-state index in [1.807, 2.05) is 30.5 Å². The predicted molar refractivity (Wildman–Crippen MR) is 64.1 cm³/mol. The molecule has 3 aromatic rings. The minimum Gasteiger partial charge on any atom is -0.481 e. The SMILES string of the molecule is O=C(O)Cc1cn2nc(-c3ccc[nH]3)ccc2n1. The Morgan fingerprint density at radius 1 is 1.39 bits per heavy atom. The van der Waals surface area contributed by atoms with Crippen molar-refractivity contribution in [2.45, 2.75) is 6.42 Å².